The van der Waals surface area contributed by atoms with E-state index in [1.54, 1.807) is 22.7 Å². The first-order valence-corrected chi connectivity index (χ1v) is 4.59. The SMILES string of the molecule is NC(=O)c1ccn2cc(CCO)nc2c1. The zero-order chi connectivity index (χ0) is 10.8. The van der Waals surface area contributed by atoms with Crippen molar-refractivity contribution in [3.8, 4) is 0 Å². The molecule has 5 heteroatoms. The Hall–Kier alpha value is -1.88. The third-order valence-corrected chi connectivity index (χ3v) is 2.16. The molecule has 1 amide bonds. The summed E-state index contributed by atoms with van der Waals surface area (Å²) in [5.74, 6) is -0.468. The molecule has 0 bridgehead atoms. The zero-order valence-electron chi connectivity index (χ0n) is 8.05. The largest absolute Gasteiger partial charge is 0.396 e. The Bertz CT molecular complexity index is 504. The summed E-state index contributed by atoms with van der Waals surface area (Å²) in [6.07, 6.45) is 4.05. The van der Waals surface area contributed by atoms with Gasteiger partial charge in [0.2, 0.25) is 5.91 Å². The van der Waals surface area contributed by atoms with E-state index in [0.717, 1.165) is 5.69 Å². The van der Waals surface area contributed by atoms with Crippen LogP contribution >= 0.6 is 0 Å². The van der Waals surface area contributed by atoms with Crippen molar-refractivity contribution in [1.29, 1.82) is 0 Å². The van der Waals surface area contributed by atoms with Crippen LogP contribution in [-0.2, 0) is 6.42 Å². The summed E-state index contributed by atoms with van der Waals surface area (Å²) < 4.78 is 1.79. The van der Waals surface area contributed by atoms with Gasteiger partial charge in [-0.25, -0.2) is 4.98 Å². The van der Waals surface area contributed by atoms with Crippen molar-refractivity contribution < 1.29 is 9.90 Å². The Labute approximate surface area is 86.2 Å². The number of hydrogen-bond acceptors (Lipinski definition) is 3. The van der Waals surface area contributed by atoms with E-state index < -0.39 is 5.91 Å². The van der Waals surface area contributed by atoms with Crippen molar-refractivity contribution in [1.82, 2.24) is 9.38 Å². The van der Waals surface area contributed by atoms with Crippen LogP contribution in [0.5, 0.6) is 0 Å². The van der Waals surface area contributed by atoms with E-state index >= 15 is 0 Å². The number of imidazole rings is 1. The van der Waals surface area contributed by atoms with Gasteiger partial charge in [0.25, 0.3) is 0 Å². The van der Waals surface area contributed by atoms with Gasteiger partial charge in [-0.3, -0.25) is 4.79 Å². The van der Waals surface area contributed by atoms with Crippen LogP contribution in [0, 0.1) is 0 Å². The van der Waals surface area contributed by atoms with Gasteiger partial charge in [0.05, 0.1) is 5.69 Å². The van der Waals surface area contributed by atoms with Crippen LogP contribution in [0.4, 0.5) is 0 Å². The maximum atomic E-state index is 10.9. The molecule has 0 fully saturated rings. The highest BCUT2D eigenvalue weighted by atomic mass is 16.3. The Kier molecular flexibility index (Phi) is 2.39. The van der Waals surface area contributed by atoms with E-state index in [2.05, 4.69) is 4.98 Å². The van der Waals surface area contributed by atoms with Gasteiger partial charge in [-0.15, -0.1) is 0 Å². The van der Waals surface area contributed by atoms with Crippen LogP contribution in [0.15, 0.2) is 24.5 Å². The van der Waals surface area contributed by atoms with E-state index in [4.69, 9.17) is 10.8 Å². The van der Waals surface area contributed by atoms with Gasteiger partial charge in [-0.2, -0.15) is 0 Å². The third-order valence-electron chi connectivity index (χ3n) is 2.16. The Morgan fingerprint density at radius 1 is 1.60 bits per heavy atom. The summed E-state index contributed by atoms with van der Waals surface area (Å²) in [5.41, 5.74) is 7.04. The number of carbonyl (C=O) groups is 1. The number of pyridine rings is 1. The average molecular weight is 205 g/mol. The molecule has 2 heterocycles. The van der Waals surface area contributed by atoms with Crippen LogP contribution in [0.25, 0.3) is 5.65 Å². The minimum atomic E-state index is -0.468. The predicted octanol–water partition coefficient (Wildman–Crippen LogP) is -0.0320. The van der Waals surface area contributed by atoms with Crippen LogP contribution in [0.1, 0.15) is 16.1 Å². The molecule has 0 saturated heterocycles. The molecule has 0 aliphatic rings. The summed E-state index contributed by atoms with van der Waals surface area (Å²) in [6.45, 7) is 0.0621. The van der Waals surface area contributed by atoms with Gasteiger partial charge in [-0.1, -0.05) is 0 Å². The third kappa shape index (κ3) is 1.82. The highest BCUT2D eigenvalue weighted by Gasteiger charge is 2.04. The van der Waals surface area contributed by atoms with E-state index in [1.807, 2.05) is 6.20 Å². The van der Waals surface area contributed by atoms with Crippen LogP contribution in [0.3, 0.4) is 0 Å². The van der Waals surface area contributed by atoms with Crippen LogP contribution in [0.2, 0.25) is 0 Å². The van der Waals surface area contributed by atoms with Crippen LogP contribution < -0.4 is 5.73 Å². The number of nitrogens with two attached hydrogens (primary N) is 1. The lowest BCUT2D eigenvalue weighted by Crippen LogP contribution is -2.10. The lowest BCUT2D eigenvalue weighted by Gasteiger charge is -1.95. The van der Waals surface area contributed by atoms with E-state index in [1.165, 1.54) is 0 Å². The molecule has 0 radical (unpaired) electrons. The normalized spacial score (nSPS) is 10.7. The number of aromatic nitrogens is 2. The number of nitrogens with zero attached hydrogens (tertiary/aromatic N) is 2. The first kappa shape index (κ1) is 9.67. The molecule has 2 rings (SSSR count). The minimum Gasteiger partial charge on any atom is -0.396 e. The van der Waals surface area contributed by atoms with Gasteiger partial charge in [-0.05, 0) is 12.1 Å². The summed E-state index contributed by atoms with van der Waals surface area (Å²) in [6, 6.07) is 3.27. The summed E-state index contributed by atoms with van der Waals surface area (Å²) >= 11 is 0. The van der Waals surface area contributed by atoms with Gasteiger partial charge in [0.15, 0.2) is 0 Å². The first-order chi connectivity index (χ1) is 7.20. The number of aliphatic hydroxyl groups is 1. The second-order valence-corrected chi connectivity index (χ2v) is 3.25. The minimum absolute atomic E-state index is 0.0621. The lowest BCUT2D eigenvalue weighted by atomic mass is 10.2. The Morgan fingerprint density at radius 2 is 2.40 bits per heavy atom. The number of fused-ring (bicyclic) bond motifs is 1. The molecular formula is C10H11N3O2. The molecule has 0 aliphatic carbocycles. The number of rotatable bonds is 3. The molecule has 5 nitrogen and oxygen atoms in total. The molecule has 2 aromatic heterocycles. The van der Waals surface area contributed by atoms with E-state index in [0.29, 0.717) is 17.6 Å². The maximum Gasteiger partial charge on any atom is 0.248 e. The first-order valence-electron chi connectivity index (χ1n) is 4.59. The van der Waals surface area contributed by atoms with E-state index in [-0.39, 0.29) is 6.61 Å². The van der Waals surface area contributed by atoms with Crippen molar-refractivity contribution in [2.75, 3.05) is 6.61 Å². The Morgan fingerprint density at radius 3 is 3.07 bits per heavy atom. The lowest BCUT2D eigenvalue weighted by molar-refractivity contribution is 0.100. The number of primary amides is 1. The average Bonchev–Trinajstić information content (AvgIpc) is 2.59. The number of amides is 1. The van der Waals surface area contributed by atoms with E-state index in [9.17, 15) is 4.79 Å². The number of hydrogen-bond donors (Lipinski definition) is 2. The van der Waals surface area contributed by atoms with Gasteiger partial charge in [0.1, 0.15) is 5.65 Å². The number of aliphatic hydroxyl groups excluding tert-OH is 1. The molecule has 0 atom stereocenters. The monoisotopic (exact) mass is 205 g/mol. The molecule has 0 saturated carbocycles. The smallest absolute Gasteiger partial charge is 0.248 e. The molecule has 0 unspecified atom stereocenters. The van der Waals surface area contributed by atoms with Crippen molar-refractivity contribution in [2.45, 2.75) is 6.42 Å². The summed E-state index contributed by atoms with van der Waals surface area (Å²) in [4.78, 5) is 15.2. The summed E-state index contributed by atoms with van der Waals surface area (Å²) in [7, 11) is 0. The van der Waals surface area contributed by atoms with Crippen molar-refractivity contribution in [2.24, 2.45) is 5.73 Å². The molecular weight excluding hydrogens is 194 g/mol. The molecule has 0 spiro atoms. The fourth-order valence-corrected chi connectivity index (χ4v) is 1.42. The van der Waals surface area contributed by atoms with Gasteiger partial charge < -0.3 is 15.2 Å². The fraction of sp³-hybridized carbons (Fsp3) is 0.200. The second kappa shape index (κ2) is 3.70. The number of carbonyl (C=O) groups excluding carboxylic acids is 1. The zero-order valence-corrected chi connectivity index (χ0v) is 8.05. The second-order valence-electron chi connectivity index (χ2n) is 3.25. The molecule has 78 valence electrons. The molecule has 0 aromatic carbocycles. The van der Waals surface area contributed by atoms with Crippen molar-refractivity contribution in [3.05, 3.63) is 35.8 Å². The summed E-state index contributed by atoms with van der Waals surface area (Å²) in [5, 5.41) is 8.76. The van der Waals surface area contributed by atoms with Crippen LogP contribution in [-0.4, -0.2) is 27.0 Å². The van der Waals surface area contributed by atoms with Crippen molar-refractivity contribution >= 4 is 11.6 Å². The Balaban J connectivity index is 2.47. The highest BCUT2D eigenvalue weighted by molar-refractivity contribution is 5.93. The molecule has 0 aliphatic heterocycles. The predicted molar refractivity (Wildman–Crippen MR) is 54.5 cm³/mol. The fourth-order valence-electron chi connectivity index (χ4n) is 1.42. The quantitative estimate of drug-likeness (QED) is 0.738. The molecule has 3 N–H and O–H groups in total. The molecule has 2 aromatic rings. The standard InChI is InChI=1S/C10H11N3O2/c11-10(15)7-1-3-13-6-8(2-4-14)12-9(13)5-7/h1,3,5-6,14H,2,4H2,(H2,11,15). The van der Waals surface area contributed by atoms with Crippen molar-refractivity contribution in [3.63, 3.8) is 0 Å². The van der Waals surface area contributed by atoms with Gasteiger partial charge >= 0.3 is 0 Å². The molecule has 15 heavy (non-hydrogen) atoms. The highest BCUT2D eigenvalue weighted by Crippen LogP contribution is 2.08. The van der Waals surface area contributed by atoms with Gasteiger partial charge in [0, 0.05) is 31.0 Å². The topological polar surface area (TPSA) is 80.6 Å². The maximum absolute atomic E-state index is 10.9.